The minimum absolute atomic E-state index is 0.550. The molecule has 412 valence electrons. The third-order valence-electron chi connectivity index (χ3n) is 17.9. The topological polar surface area (TPSA) is 38.0 Å². The van der Waals surface area contributed by atoms with Gasteiger partial charge in [-0.05, 0) is 280 Å². The molecule has 0 aliphatic carbocycles. The highest BCUT2D eigenvalue weighted by Crippen LogP contribution is 2.49. The SMILES string of the molecule is [C-]#[N+]c1cccc(-n2c3ccc(-c4c(C)cc(C)cc4C)cc3c3cc(-c4c(C)cc(C)cc4C)ccc32)c1-c1cc(-c2ccc(C#N)cc2C)ccc1-n1c2ccc(-c3c(C)cc(C)cc3C)cc2c2cc(-c3c(C)cc(C)cc3C)ccc21. The minimum Gasteiger partial charge on any atom is -0.310 e. The van der Waals surface area contributed by atoms with Gasteiger partial charge in [0.1, 0.15) is 0 Å². The van der Waals surface area contributed by atoms with Gasteiger partial charge in [-0.25, -0.2) is 4.85 Å². The highest BCUT2D eigenvalue weighted by atomic mass is 15.0. The Morgan fingerprint density at radius 3 is 1.01 bits per heavy atom. The molecule has 0 N–H and O–H groups in total. The van der Waals surface area contributed by atoms with Crippen LogP contribution in [0.3, 0.4) is 0 Å². The average Bonchev–Trinajstić information content (AvgIpc) is 1.73. The summed E-state index contributed by atoms with van der Waals surface area (Å²) in [5.74, 6) is 0. The second-order valence-corrected chi connectivity index (χ2v) is 24.3. The van der Waals surface area contributed by atoms with E-state index in [0.29, 0.717) is 11.3 Å². The van der Waals surface area contributed by atoms with E-state index in [1.54, 1.807) is 0 Å². The quantitative estimate of drug-likeness (QED) is 0.140. The summed E-state index contributed by atoms with van der Waals surface area (Å²) < 4.78 is 4.86. The third-order valence-corrected chi connectivity index (χ3v) is 17.9. The first-order chi connectivity index (χ1) is 40.9. The van der Waals surface area contributed by atoms with Crippen LogP contribution in [0.2, 0.25) is 0 Å². The van der Waals surface area contributed by atoms with Gasteiger partial charge in [0.2, 0.25) is 0 Å². The van der Waals surface area contributed by atoms with Gasteiger partial charge >= 0.3 is 0 Å². The van der Waals surface area contributed by atoms with Crippen LogP contribution in [-0.4, -0.2) is 9.13 Å². The Hall–Kier alpha value is -10.0. The number of hydrogen-bond donors (Lipinski definition) is 0. The Labute approximate surface area is 500 Å². The van der Waals surface area contributed by atoms with Crippen LogP contribution in [-0.2, 0) is 0 Å². The summed E-state index contributed by atoms with van der Waals surface area (Å²) in [6, 6.07) is 67.6. The molecule has 0 fully saturated rings. The first-order valence-electron chi connectivity index (χ1n) is 29.6. The molecule has 0 bridgehead atoms. The van der Waals surface area contributed by atoms with Crippen molar-refractivity contribution in [3.63, 3.8) is 0 Å². The number of aromatic nitrogens is 2. The van der Waals surface area contributed by atoms with Gasteiger partial charge in [0.15, 0.2) is 5.69 Å². The largest absolute Gasteiger partial charge is 0.310 e. The molecule has 4 heteroatoms. The van der Waals surface area contributed by atoms with E-state index in [4.69, 9.17) is 6.57 Å². The number of rotatable bonds is 8. The Balaban J connectivity index is 1.14. The molecule has 11 aromatic carbocycles. The molecule has 13 aromatic rings. The predicted molar refractivity (Wildman–Crippen MR) is 360 cm³/mol. The minimum atomic E-state index is 0.550. The summed E-state index contributed by atoms with van der Waals surface area (Å²) in [6.07, 6.45) is 0. The maximum absolute atomic E-state index is 10.0. The zero-order valence-electron chi connectivity index (χ0n) is 51.0. The molecule has 0 aliphatic rings. The molecular weight excluding hydrogens is 1030 g/mol. The predicted octanol–water partition coefficient (Wildman–Crippen LogP) is 22.3. The summed E-state index contributed by atoms with van der Waals surface area (Å²) in [4.78, 5) is 4.45. The maximum Gasteiger partial charge on any atom is 0.197 e. The van der Waals surface area contributed by atoms with Crippen molar-refractivity contribution >= 4 is 49.3 Å². The lowest BCUT2D eigenvalue weighted by Crippen LogP contribution is -2.02. The van der Waals surface area contributed by atoms with Gasteiger partial charge in [-0.3, -0.25) is 0 Å². The van der Waals surface area contributed by atoms with Crippen molar-refractivity contribution in [3.05, 3.63) is 265 Å². The lowest BCUT2D eigenvalue weighted by molar-refractivity contribution is 1.16. The molecule has 0 saturated carbocycles. The molecule has 85 heavy (non-hydrogen) atoms. The number of benzene rings is 11. The van der Waals surface area contributed by atoms with Crippen molar-refractivity contribution in [2.45, 2.75) is 90.0 Å². The zero-order valence-corrected chi connectivity index (χ0v) is 51.0. The molecule has 0 saturated heterocycles. The molecule has 0 spiro atoms. The smallest absolute Gasteiger partial charge is 0.197 e. The van der Waals surface area contributed by atoms with Gasteiger partial charge in [-0.15, -0.1) is 0 Å². The molecule has 0 atom stereocenters. The lowest BCUT2D eigenvalue weighted by atomic mass is 9.91. The van der Waals surface area contributed by atoms with E-state index < -0.39 is 0 Å². The van der Waals surface area contributed by atoms with Crippen LogP contribution < -0.4 is 0 Å². The van der Waals surface area contributed by atoms with E-state index in [-0.39, 0.29) is 0 Å². The van der Waals surface area contributed by atoms with Gasteiger partial charge in [-0.1, -0.05) is 119 Å². The second-order valence-electron chi connectivity index (χ2n) is 24.3. The van der Waals surface area contributed by atoms with Crippen molar-refractivity contribution in [2.24, 2.45) is 0 Å². The molecular formula is C81H68N4. The van der Waals surface area contributed by atoms with Crippen molar-refractivity contribution in [1.82, 2.24) is 9.13 Å². The van der Waals surface area contributed by atoms with Gasteiger partial charge in [0, 0.05) is 32.8 Å². The summed E-state index contributed by atoms with van der Waals surface area (Å²) in [5.41, 5.74) is 36.9. The van der Waals surface area contributed by atoms with Gasteiger partial charge in [0.25, 0.3) is 0 Å². The van der Waals surface area contributed by atoms with Crippen LogP contribution in [0.1, 0.15) is 77.9 Å². The van der Waals surface area contributed by atoms with E-state index in [9.17, 15) is 5.26 Å². The number of hydrogen-bond acceptors (Lipinski definition) is 1. The Morgan fingerprint density at radius 1 is 0.318 bits per heavy atom. The number of fused-ring (bicyclic) bond motifs is 6. The number of nitriles is 1. The number of nitrogens with zero attached hydrogens (tertiary/aromatic N) is 4. The van der Waals surface area contributed by atoms with Crippen molar-refractivity contribution in [1.29, 1.82) is 5.26 Å². The maximum atomic E-state index is 10.0. The van der Waals surface area contributed by atoms with Crippen LogP contribution in [0.15, 0.2) is 176 Å². The van der Waals surface area contributed by atoms with Crippen LogP contribution in [0, 0.1) is 108 Å². The molecule has 2 heterocycles. The van der Waals surface area contributed by atoms with E-state index >= 15 is 0 Å². The summed E-state index contributed by atoms with van der Waals surface area (Å²) in [7, 11) is 0. The number of aryl methyl sites for hydroxylation is 13. The Kier molecular flexibility index (Phi) is 13.2. The monoisotopic (exact) mass is 1100 g/mol. The van der Waals surface area contributed by atoms with Crippen LogP contribution in [0.25, 0.3) is 127 Å². The van der Waals surface area contributed by atoms with E-state index in [1.165, 1.54) is 111 Å². The molecule has 2 aromatic heterocycles. The first-order valence-corrected chi connectivity index (χ1v) is 29.6. The summed E-state index contributed by atoms with van der Waals surface area (Å²) >= 11 is 0. The van der Waals surface area contributed by atoms with E-state index in [0.717, 1.165) is 82.8 Å². The molecule has 0 unspecified atom stereocenters. The van der Waals surface area contributed by atoms with Crippen LogP contribution in [0.5, 0.6) is 0 Å². The van der Waals surface area contributed by atoms with Crippen molar-refractivity contribution < 1.29 is 0 Å². The zero-order chi connectivity index (χ0) is 59.4. The molecule has 0 amide bonds. The van der Waals surface area contributed by atoms with Crippen LogP contribution in [0.4, 0.5) is 5.69 Å². The van der Waals surface area contributed by atoms with Gasteiger partial charge in [-0.2, -0.15) is 5.26 Å². The molecule has 0 aliphatic heterocycles. The standard InChI is InChI=1S/C81H68N4/c1-45-30-50(6)77(51(7)31-45)60-20-26-71-65(40-60)66-41-61(78-52(8)32-46(2)33-53(78)9)21-27-72(66)84(71)75-25-19-59(64-24-18-58(44-82)38-49(64)5)39-69(75)81-70(83-14)16-15-17-76(81)85-73-28-22-62(79-54(10)34-47(3)35-55(79)11)42-67(73)68-43-63(23-29-74(68)85)80-56(12)36-48(4)37-57(80)13/h15-43H,1-13H3. The molecule has 4 nitrogen and oxygen atoms in total. The van der Waals surface area contributed by atoms with E-state index in [1.807, 2.05) is 24.3 Å². The summed E-state index contributed by atoms with van der Waals surface area (Å²) in [5, 5.41) is 14.6. The normalized spacial score (nSPS) is 11.6. The Bertz CT molecular complexity index is 4790. The van der Waals surface area contributed by atoms with E-state index in [2.05, 4.69) is 262 Å². The average molecular weight is 1100 g/mol. The Morgan fingerprint density at radius 2 is 0.671 bits per heavy atom. The first kappa shape index (κ1) is 54.3. The molecule has 13 rings (SSSR count). The summed E-state index contributed by atoms with van der Waals surface area (Å²) in [6.45, 7) is 37.7. The van der Waals surface area contributed by atoms with Crippen molar-refractivity contribution in [2.75, 3.05) is 0 Å². The highest BCUT2D eigenvalue weighted by Gasteiger charge is 2.26. The molecule has 0 radical (unpaired) electrons. The fourth-order valence-corrected chi connectivity index (χ4v) is 15.0. The van der Waals surface area contributed by atoms with Crippen LogP contribution >= 0.6 is 0 Å². The fourth-order valence-electron chi connectivity index (χ4n) is 15.0. The van der Waals surface area contributed by atoms with Crippen molar-refractivity contribution in [3.8, 4) is 84.2 Å². The second kappa shape index (κ2) is 20.7. The lowest BCUT2D eigenvalue weighted by Gasteiger charge is -2.21. The van der Waals surface area contributed by atoms with Gasteiger partial charge < -0.3 is 9.13 Å². The third kappa shape index (κ3) is 9.04. The highest BCUT2D eigenvalue weighted by molar-refractivity contribution is 6.15. The van der Waals surface area contributed by atoms with Gasteiger partial charge in [0.05, 0.1) is 46.0 Å². The fraction of sp³-hybridized carbons (Fsp3) is 0.160.